The van der Waals surface area contributed by atoms with Crippen LogP contribution in [0.3, 0.4) is 0 Å². The Bertz CT molecular complexity index is 669. The van der Waals surface area contributed by atoms with Crippen LogP contribution in [0.5, 0.6) is 0 Å². The summed E-state index contributed by atoms with van der Waals surface area (Å²) in [5.74, 6) is 2.54. The van der Waals surface area contributed by atoms with Crippen LogP contribution in [0.15, 0.2) is 11.1 Å². The van der Waals surface area contributed by atoms with E-state index in [4.69, 9.17) is 4.74 Å². The van der Waals surface area contributed by atoms with Gasteiger partial charge in [0.25, 0.3) is 0 Å². The van der Waals surface area contributed by atoms with E-state index >= 15 is 0 Å². The van der Waals surface area contributed by atoms with Gasteiger partial charge in [0.1, 0.15) is 5.60 Å². The van der Waals surface area contributed by atoms with Gasteiger partial charge >= 0.3 is 0 Å². The topological polar surface area (TPSA) is 49.7 Å². The summed E-state index contributed by atoms with van der Waals surface area (Å²) in [6.07, 6.45) is 11.2. The van der Waals surface area contributed by atoms with Gasteiger partial charge in [-0.2, -0.15) is 0 Å². The largest absolute Gasteiger partial charge is 0.393 e. The molecule has 2 fully saturated rings. The Hall–Kier alpha value is -0.380. The van der Waals surface area contributed by atoms with Gasteiger partial charge in [0.05, 0.1) is 19.3 Å². The maximum atomic E-state index is 10.8. The number of hydrogen-bond acceptors (Lipinski definition) is 3. The SMILES string of the molecule is CC(C)CCC[C@@H](C)[C@H]1CO[C@@]2(CO)C3=C(CC[C@]12C)[C@@]1(C)CC[C@H](O)C[C@@H]1CC3. The minimum absolute atomic E-state index is 0.0369. The van der Waals surface area contributed by atoms with Gasteiger partial charge < -0.3 is 14.9 Å². The maximum absolute atomic E-state index is 10.8. The van der Waals surface area contributed by atoms with Crippen molar-refractivity contribution in [3.8, 4) is 0 Å². The highest BCUT2D eigenvalue weighted by molar-refractivity contribution is 5.40. The molecule has 30 heavy (non-hydrogen) atoms. The standard InChI is InChI=1S/C27H46O3/c1-18(2)7-6-8-19(3)24-16-30-27(17-28)23-10-9-20-15-21(29)11-13-25(20,4)22(23)12-14-26(24,27)5/h18-21,24,28-29H,6-17H2,1-5H3/t19-,20+,21+,24-,25+,26-,27+/m1/s1. The van der Waals surface area contributed by atoms with Crippen LogP contribution in [0.25, 0.3) is 0 Å². The fraction of sp³-hybridized carbons (Fsp3) is 0.926. The first-order valence-electron chi connectivity index (χ1n) is 12.8. The van der Waals surface area contributed by atoms with Crippen LogP contribution >= 0.6 is 0 Å². The van der Waals surface area contributed by atoms with Gasteiger partial charge in [0.15, 0.2) is 0 Å². The molecule has 3 heteroatoms. The summed E-state index contributed by atoms with van der Waals surface area (Å²) in [6, 6.07) is 0. The average molecular weight is 419 g/mol. The Morgan fingerprint density at radius 1 is 1.03 bits per heavy atom. The third-order valence-corrected chi connectivity index (χ3v) is 10.2. The number of aliphatic hydroxyl groups is 2. The van der Waals surface area contributed by atoms with Crippen LogP contribution in [0.2, 0.25) is 0 Å². The lowest BCUT2D eigenvalue weighted by molar-refractivity contribution is -0.0896. The highest BCUT2D eigenvalue weighted by Crippen LogP contribution is 2.66. The highest BCUT2D eigenvalue weighted by Gasteiger charge is 2.65. The van der Waals surface area contributed by atoms with Gasteiger partial charge in [-0.05, 0) is 79.6 Å². The summed E-state index contributed by atoms with van der Waals surface area (Å²) in [6.45, 7) is 12.9. The summed E-state index contributed by atoms with van der Waals surface area (Å²) in [7, 11) is 0. The molecule has 0 aromatic heterocycles. The number of rotatable bonds is 6. The van der Waals surface area contributed by atoms with Crippen LogP contribution in [-0.4, -0.2) is 35.1 Å². The van der Waals surface area contributed by atoms with Gasteiger partial charge in [0, 0.05) is 5.41 Å². The first-order chi connectivity index (χ1) is 14.2. The lowest BCUT2D eigenvalue weighted by atomic mass is 9.48. The van der Waals surface area contributed by atoms with Crippen molar-refractivity contribution in [3.63, 3.8) is 0 Å². The zero-order chi connectivity index (χ0) is 21.7. The van der Waals surface area contributed by atoms with E-state index in [-0.39, 0.29) is 23.5 Å². The molecule has 3 nitrogen and oxygen atoms in total. The summed E-state index contributed by atoms with van der Waals surface area (Å²) in [4.78, 5) is 0. The van der Waals surface area contributed by atoms with Crippen molar-refractivity contribution < 1.29 is 14.9 Å². The Morgan fingerprint density at radius 2 is 1.80 bits per heavy atom. The van der Waals surface area contributed by atoms with Crippen molar-refractivity contribution in [2.75, 3.05) is 13.2 Å². The van der Waals surface area contributed by atoms with E-state index in [1.165, 1.54) is 24.8 Å². The molecule has 0 amide bonds. The van der Waals surface area contributed by atoms with Gasteiger partial charge in [-0.3, -0.25) is 0 Å². The Balaban J connectivity index is 1.63. The molecule has 0 bridgehead atoms. The number of allylic oxidation sites excluding steroid dienone is 1. The molecule has 3 aliphatic carbocycles. The van der Waals surface area contributed by atoms with Gasteiger partial charge in [0.2, 0.25) is 0 Å². The predicted octanol–water partition coefficient (Wildman–Crippen LogP) is 5.88. The van der Waals surface area contributed by atoms with Crippen molar-refractivity contribution >= 4 is 0 Å². The molecule has 172 valence electrons. The summed E-state index contributed by atoms with van der Waals surface area (Å²) >= 11 is 0. The van der Waals surface area contributed by atoms with Crippen molar-refractivity contribution in [1.82, 2.24) is 0 Å². The lowest BCUT2D eigenvalue weighted by Gasteiger charge is -2.58. The molecule has 0 aromatic carbocycles. The second-order valence-electron chi connectivity index (χ2n) is 12.2. The minimum atomic E-state index is -0.471. The van der Waals surface area contributed by atoms with Crippen LogP contribution in [0.1, 0.15) is 98.8 Å². The normalized spacial score (nSPS) is 44.6. The van der Waals surface area contributed by atoms with Gasteiger partial charge in [-0.15, -0.1) is 0 Å². The molecular weight excluding hydrogens is 372 g/mol. The lowest BCUT2D eigenvalue weighted by Crippen LogP contribution is -2.56. The molecule has 0 spiro atoms. The first kappa shape index (κ1) is 22.8. The summed E-state index contributed by atoms with van der Waals surface area (Å²) in [5.41, 5.74) is 2.83. The second kappa shape index (κ2) is 8.19. The number of fused-ring (bicyclic) bond motifs is 4. The molecular formula is C27H46O3. The van der Waals surface area contributed by atoms with Crippen LogP contribution in [0.4, 0.5) is 0 Å². The zero-order valence-electron chi connectivity index (χ0n) is 20.2. The zero-order valence-corrected chi connectivity index (χ0v) is 20.2. The van der Waals surface area contributed by atoms with E-state index in [0.717, 1.165) is 57.5 Å². The Kier molecular flexibility index (Phi) is 6.23. The highest BCUT2D eigenvalue weighted by atomic mass is 16.5. The third kappa shape index (κ3) is 3.33. The summed E-state index contributed by atoms with van der Waals surface area (Å²) in [5, 5.41) is 21.1. The van der Waals surface area contributed by atoms with Crippen molar-refractivity contribution in [3.05, 3.63) is 11.1 Å². The van der Waals surface area contributed by atoms with Crippen molar-refractivity contribution in [1.29, 1.82) is 0 Å². The quantitative estimate of drug-likeness (QED) is 0.529. The third-order valence-electron chi connectivity index (χ3n) is 10.2. The average Bonchev–Trinajstić information content (AvgIpc) is 3.01. The van der Waals surface area contributed by atoms with Gasteiger partial charge in [-0.25, -0.2) is 0 Å². The molecule has 0 unspecified atom stereocenters. The minimum Gasteiger partial charge on any atom is -0.393 e. The van der Waals surface area contributed by atoms with Crippen LogP contribution in [0, 0.1) is 34.5 Å². The molecule has 1 saturated carbocycles. The fourth-order valence-electron chi connectivity index (χ4n) is 8.15. The van der Waals surface area contributed by atoms with Gasteiger partial charge in [-0.1, -0.05) is 59.5 Å². The fourth-order valence-corrected chi connectivity index (χ4v) is 8.15. The van der Waals surface area contributed by atoms with Crippen molar-refractivity contribution in [2.45, 2.75) is 111 Å². The number of aliphatic hydroxyl groups excluding tert-OH is 2. The van der Waals surface area contributed by atoms with E-state index in [0.29, 0.717) is 17.8 Å². The molecule has 1 saturated heterocycles. The van der Waals surface area contributed by atoms with E-state index in [1.807, 2.05) is 0 Å². The van der Waals surface area contributed by atoms with Crippen LogP contribution in [-0.2, 0) is 4.74 Å². The first-order valence-corrected chi connectivity index (χ1v) is 12.8. The molecule has 4 aliphatic rings. The predicted molar refractivity (Wildman–Crippen MR) is 122 cm³/mol. The Morgan fingerprint density at radius 3 is 2.50 bits per heavy atom. The smallest absolute Gasteiger partial charge is 0.118 e. The monoisotopic (exact) mass is 418 g/mol. The maximum Gasteiger partial charge on any atom is 0.118 e. The number of ether oxygens (including phenoxy) is 1. The second-order valence-corrected chi connectivity index (χ2v) is 12.2. The molecule has 4 rings (SSSR count). The molecule has 2 N–H and O–H groups in total. The molecule has 1 aliphatic heterocycles. The van der Waals surface area contributed by atoms with E-state index in [9.17, 15) is 10.2 Å². The summed E-state index contributed by atoms with van der Waals surface area (Å²) < 4.78 is 6.72. The van der Waals surface area contributed by atoms with Crippen LogP contribution < -0.4 is 0 Å². The van der Waals surface area contributed by atoms with E-state index in [1.54, 1.807) is 5.57 Å². The molecule has 0 radical (unpaired) electrons. The Labute approximate surface area is 184 Å². The van der Waals surface area contributed by atoms with Crippen molar-refractivity contribution in [2.24, 2.45) is 34.5 Å². The number of hydrogen-bond donors (Lipinski definition) is 2. The van der Waals surface area contributed by atoms with E-state index < -0.39 is 5.60 Å². The van der Waals surface area contributed by atoms with E-state index in [2.05, 4.69) is 34.6 Å². The molecule has 7 atom stereocenters. The molecule has 1 heterocycles. The molecule has 0 aromatic rings.